The first-order valence-corrected chi connectivity index (χ1v) is 6.78. The Balaban J connectivity index is 3.96. The number of rotatable bonds is 3. The maximum absolute atomic E-state index is 10.7. The van der Waals surface area contributed by atoms with Crippen molar-refractivity contribution in [3.63, 3.8) is 0 Å². The Morgan fingerprint density at radius 3 is 1.56 bits per heavy atom. The molecule has 1 nitrogen and oxygen atoms in total. The van der Waals surface area contributed by atoms with Crippen LogP contribution in [0.5, 0.6) is 0 Å². The van der Waals surface area contributed by atoms with E-state index < -0.39 is 11.5 Å². The van der Waals surface area contributed by atoms with Crippen molar-refractivity contribution in [2.75, 3.05) is 11.8 Å². The fourth-order valence-corrected chi connectivity index (χ4v) is 3.70. The van der Waals surface area contributed by atoms with Crippen LogP contribution in [0.15, 0.2) is 0 Å². The molecule has 0 rings (SSSR count). The van der Waals surface area contributed by atoms with Crippen molar-refractivity contribution in [2.45, 2.75) is 5.66 Å². The van der Waals surface area contributed by atoms with Gasteiger partial charge in [-0.1, -0.05) is 0 Å². The standard InChI is InChI=1S/C3H5Cl4OP/c4-1-3(2-5)9(6,7)8/h3H,1-2H2. The van der Waals surface area contributed by atoms with Crippen LogP contribution < -0.4 is 0 Å². The predicted octanol–water partition coefficient (Wildman–Crippen LogP) is 3.50. The van der Waals surface area contributed by atoms with Gasteiger partial charge in [-0.25, -0.2) is 0 Å². The number of hydrogen-bond acceptors (Lipinski definition) is 1. The lowest BCUT2D eigenvalue weighted by Gasteiger charge is -2.09. The molecular formula is C3H5Cl4OP. The minimum Gasteiger partial charge on any atom is -0.289 e. The third kappa shape index (κ3) is 3.95. The molecule has 0 spiro atoms. The summed E-state index contributed by atoms with van der Waals surface area (Å²) < 4.78 is 10.7. The van der Waals surface area contributed by atoms with Gasteiger partial charge in [0.2, 0.25) is 0 Å². The van der Waals surface area contributed by atoms with Crippen LogP contribution in [-0.4, -0.2) is 17.4 Å². The predicted molar refractivity (Wildman–Crippen MR) is 44.5 cm³/mol. The van der Waals surface area contributed by atoms with Crippen LogP contribution in [0.4, 0.5) is 0 Å². The van der Waals surface area contributed by atoms with E-state index in [0.29, 0.717) is 0 Å². The summed E-state index contributed by atoms with van der Waals surface area (Å²) in [7, 11) is 0. The van der Waals surface area contributed by atoms with Crippen molar-refractivity contribution in [1.29, 1.82) is 0 Å². The summed E-state index contributed by atoms with van der Waals surface area (Å²) in [6.45, 7) is 0. The third-order valence-electron chi connectivity index (χ3n) is 0.781. The molecule has 0 saturated carbocycles. The van der Waals surface area contributed by atoms with E-state index in [1.165, 1.54) is 0 Å². The van der Waals surface area contributed by atoms with E-state index in [0.717, 1.165) is 0 Å². The topological polar surface area (TPSA) is 17.1 Å². The second-order valence-electron chi connectivity index (χ2n) is 1.46. The summed E-state index contributed by atoms with van der Waals surface area (Å²) in [4.78, 5) is 0. The van der Waals surface area contributed by atoms with Crippen LogP contribution in [0.2, 0.25) is 0 Å². The highest BCUT2D eigenvalue weighted by Crippen LogP contribution is 2.61. The second kappa shape index (κ2) is 4.31. The van der Waals surface area contributed by atoms with Gasteiger partial charge in [0.25, 0.3) is 5.85 Å². The zero-order valence-corrected chi connectivity index (χ0v) is 8.28. The molecule has 0 unspecified atom stereocenters. The first-order valence-electron chi connectivity index (χ1n) is 2.13. The van der Waals surface area contributed by atoms with E-state index in [4.69, 9.17) is 45.7 Å². The average Bonchev–Trinajstić information content (AvgIpc) is 1.65. The highest BCUT2D eigenvalue weighted by molar-refractivity contribution is 8.09. The summed E-state index contributed by atoms with van der Waals surface area (Å²) >= 11 is 21.2. The Kier molecular flexibility index (Phi) is 4.97. The summed E-state index contributed by atoms with van der Waals surface area (Å²) in [5.41, 5.74) is -0.482. The summed E-state index contributed by atoms with van der Waals surface area (Å²) in [6.07, 6.45) is 0. The largest absolute Gasteiger partial charge is 0.289 e. The minimum atomic E-state index is -3.10. The molecule has 56 valence electrons. The highest BCUT2D eigenvalue weighted by Gasteiger charge is 2.26. The van der Waals surface area contributed by atoms with Gasteiger partial charge in [0, 0.05) is 11.8 Å². The van der Waals surface area contributed by atoms with Gasteiger partial charge in [-0.3, -0.25) is 4.57 Å². The highest BCUT2D eigenvalue weighted by atomic mass is 35.9. The van der Waals surface area contributed by atoms with Gasteiger partial charge < -0.3 is 0 Å². The van der Waals surface area contributed by atoms with E-state index in [9.17, 15) is 4.57 Å². The van der Waals surface area contributed by atoms with Crippen LogP contribution in [0.25, 0.3) is 0 Å². The Morgan fingerprint density at radius 1 is 1.22 bits per heavy atom. The molecule has 0 radical (unpaired) electrons. The SMILES string of the molecule is O=P(Cl)(Cl)C(CCl)CCl. The Labute approximate surface area is 73.6 Å². The quantitative estimate of drug-likeness (QED) is 0.535. The summed E-state index contributed by atoms with van der Waals surface area (Å²) in [5.74, 6) is -2.83. The molecule has 0 bridgehead atoms. The second-order valence-corrected chi connectivity index (χ2v) is 7.35. The molecule has 0 aromatic heterocycles. The molecular weight excluding hydrogens is 225 g/mol. The van der Waals surface area contributed by atoms with E-state index in [-0.39, 0.29) is 11.8 Å². The Morgan fingerprint density at radius 2 is 1.56 bits per heavy atom. The molecule has 9 heavy (non-hydrogen) atoms. The average molecular weight is 230 g/mol. The van der Waals surface area contributed by atoms with Crippen molar-refractivity contribution in [3.05, 3.63) is 0 Å². The van der Waals surface area contributed by atoms with E-state index in [1.54, 1.807) is 0 Å². The lowest BCUT2D eigenvalue weighted by atomic mass is 10.6. The maximum Gasteiger partial charge on any atom is 0.258 e. The van der Waals surface area contributed by atoms with Gasteiger partial charge >= 0.3 is 0 Å². The molecule has 0 amide bonds. The van der Waals surface area contributed by atoms with Crippen molar-refractivity contribution in [2.24, 2.45) is 0 Å². The molecule has 0 atom stereocenters. The van der Waals surface area contributed by atoms with Gasteiger partial charge in [0.1, 0.15) is 0 Å². The maximum atomic E-state index is 10.7. The van der Waals surface area contributed by atoms with Gasteiger partial charge in [-0.05, 0) is 22.5 Å². The van der Waals surface area contributed by atoms with E-state index >= 15 is 0 Å². The molecule has 0 fully saturated rings. The van der Waals surface area contributed by atoms with Crippen LogP contribution in [0.3, 0.4) is 0 Å². The van der Waals surface area contributed by atoms with Gasteiger partial charge in [-0.15, -0.1) is 23.2 Å². The first-order chi connectivity index (χ1) is 4.02. The first kappa shape index (κ1) is 10.4. The fourth-order valence-electron chi connectivity index (χ4n) is 0.202. The molecule has 0 saturated heterocycles. The normalized spacial score (nSPS) is 12.6. The zero-order chi connectivity index (χ0) is 7.49. The lowest BCUT2D eigenvalue weighted by Crippen LogP contribution is -2.06. The van der Waals surface area contributed by atoms with Gasteiger partial charge in [0.15, 0.2) is 0 Å². The summed E-state index contributed by atoms with van der Waals surface area (Å²) in [6, 6.07) is 0. The van der Waals surface area contributed by atoms with Crippen molar-refractivity contribution in [3.8, 4) is 0 Å². The minimum absolute atomic E-state index is 0.133. The fraction of sp³-hybridized carbons (Fsp3) is 1.00. The lowest BCUT2D eigenvalue weighted by molar-refractivity contribution is 0.588. The molecule has 0 aliphatic heterocycles. The molecule has 0 aromatic carbocycles. The Bertz CT molecular complexity index is 117. The van der Waals surface area contributed by atoms with Crippen molar-refractivity contribution in [1.82, 2.24) is 0 Å². The molecule has 6 heteroatoms. The van der Waals surface area contributed by atoms with Crippen LogP contribution in [0.1, 0.15) is 0 Å². The molecule has 0 heterocycles. The van der Waals surface area contributed by atoms with Crippen molar-refractivity contribution >= 4 is 51.5 Å². The monoisotopic (exact) mass is 228 g/mol. The third-order valence-corrected chi connectivity index (χ3v) is 4.83. The number of hydrogen-bond donors (Lipinski definition) is 0. The van der Waals surface area contributed by atoms with E-state index in [2.05, 4.69) is 0 Å². The number of alkyl halides is 2. The van der Waals surface area contributed by atoms with Gasteiger partial charge in [0.05, 0.1) is 5.66 Å². The zero-order valence-electron chi connectivity index (χ0n) is 4.36. The van der Waals surface area contributed by atoms with Gasteiger partial charge in [-0.2, -0.15) is 0 Å². The summed E-state index contributed by atoms with van der Waals surface area (Å²) in [5, 5.41) is 0. The van der Waals surface area contributed by atoms with Crippen molar-refractivity contribution < 1.29 is 4.57 Å². The molecule has 0 aliphatic carbocycles. The van der Waals surface area contributed by atoms with Crippen LogP contribution in [0, 0.1) is 0 Å². The van der Waals surface area contributed by atoms with E-state index in [1.807, 2.05) is 0 Å². The molecule has 0 aliphatic rings. The smallest absolute Gasteiger partial charge is 0.258 e. The molecule has 0 N–H and O–H groups in total. The number of halogens is 4. The molecule has 0 aromatic rings. The van der Waals surface area contributed by atoms with Crippen LogP contribution >= 0.6 is 51.5 Å². The van der Waals surface area contributed by atoms with Crippen LogP contribution in [-0.2, 0) is 4.57 Å². The Hall–Kier alpha value is 1.39.